The van der Waals surface area contributed by atoms with Gasteiger partial charge in [0, 0.05) is 15.2 Å². The summed E-state index contributed by atoms with van der Waals surface area (Å²) < 4.78 is 5.35. The molecule has 0 N–H and O–H groups in total. The van der Waals surface area contributed by atoms with Crippen LogP contribution in [0.5, 0.6) is 0 Å². The van der Waals surface area contributed by atoms with E-state index in [1.165, 1.54) is 13.8 Å². The second kappa shape index (κ2) is 7.86. The van der Waals surface area contributed by atoms with Crippen LogP contribution in [0.15, 0.2) is 24.3 Å². The first-order chi connectivity index (χ1) is 14.1. The second-order valence-electron chi connectivity index (χ2n) is 8.54. The first-order valence-corrected chi connectivity index (χ1v) is 11.9. The normalized spacial score (nSPS) is 34.1. The molecule has 2 bridgehead atoms. The Morgan fingerprint density at radius 2 is 1.50 bits per heavy atom. The first kappa shape index (κ1) is 21.7. The minimum atomic E-state index is -1.06. The van der Waals surface area contributed by atoms with Crippen molar-refractivity contribution in [2.75, 3.05) is 0 Å². The summed E-state index contributed by atoms with van der Waals surface area (Å²) >= 11 is 7.30. The van der Waals surface area contributed by atoms with Gasteiger partial charge in [-0.15, -0.1) is 0 Å². The van der Waals surface area contributed by atoms with Crippen molar-refractivity contribution >= 4 is 55.4 Å². The second-order valence-corrected chi connectivity index (χ2v) is 10.7. The predicted octanol–water partition coefficient (Wildman–Crippen LogP) is 3.28. The van der Waals surface area contributed by atoms with Crippen molar-refractivity contribution in [3.8, 4) is 0 Å². The molecule has 3 aliphatic rings. The van der Waals surface area contributed by atoms with Crippen molar-refractivity contribution in [1.82, 2.24) is 4.90 Å². The van der Waals surface area contributed by atoms with Crippen LogP contribution in [0.1, 0.15) is 36.2 Å². The molecule has 1 aliphatic heterocycles. The fourth-order valence-electron chi connectivity index (χ4n) is 5.14. The van der Waals surface area contributed by atoms with Gasteiger partial charge in [-0.3, -0.25) is 19.3 Å². The lowest BCUT2D eigenvalue weighted by atomic mass is 9.81. The van der Waals surface area contributed by atoms with Gasteiger partial charge in [-0.25, -0.2) is 4.79 Å². The molecule has 0 spiro atoms. The van der Waals surface area contributed by atoms with E-state index in [1.807, 2.05) is 19.1 Å². The molecule has 1 aromatic rings. The zero-order valence-corrected chi connectivity index (χ0v) is 20.1. The van der Waals surface area contributed by atoms with Crippen LogP contribution in [0.4, 0.5) is 0 Å². The van der Waals surface area contributed by atoms with Gasteiger partial charge in [0.25, 0.3) is 0 Å². The van der Waals surface area contributed by atoms with E-state index in [4.69, 9.17) is 4.74 Å². The molecule has 2 aliphatic carbocycles. The van der Waals surface area contributed by atoms with Crippen LogP contribution >= 0.6 is 31.9 Å². The highest BCUT2D eigenvalue weighted by atomic mass is 79.9. The number of fused-ring (bicyclic) bond motifs is 5. The molecule has 1 saturated heterocycles. The third-order valence-electron chi connectivity index (χ3n) is 6.75. The Morgan fingerprint density at radius 3 is 2.00 bits per heavy atom. The van der Waals surface area contributed by atoms with Crippen LogP contribution in [-0.4, -0.2) is 50.3 Å². The van der Waals surface area contributed by atoms with Crippen molar-refractivity contribution in [1.29, 1.82) is 0 Å². The molecule has 3 fully saturated rings. The van der Waals surface area contributed by atoms with Crippen LogP contribution in [0.2, 0.25) is 0 Å². The molecule has 8 heteroatoms. The number of carbonyl (C=O) groups is 4. The maximum Gasteiger partial charge on any atom is 0.329 e. The highest BCUT2D eigenvalue weighted by Crippen LogP contribution is 2.60. The molecule has 0 aromatic heterocycles. The first-order valence-electron chi connectivity index (χ1n) is 10.1. The molecular formula is C22H23Br2NO5. The van der Waals surface area contributed by atoms with Gasteiger partial charge in [0.2, 0.25) is 17.6 Å². The van der Waals surface area contributed by atoms with Gasteiger partial charge in [-0.2, -0.15) is 0 Å². The predicted molar refractivity (Wildman–Crippen MR) is 116 cm³/mol. The number of rotatable bonds is 5. The maximum absolute atomic E-state index is 13.1. The van der Waals surface area contributed by atoms with Gasteiger partial charge in [0.05, 0.1) is 11.8 Å². The van der Waals surface area contributed by atoms with Gasteiger partial charge in [-0.1, -0.05) is 61.7 Å². The number of nitrogens with zero attached hydrogens (tertiary/aromatic N) is 1. The van der Waals surface area contributed by atoms with Gasteiger partial charge in [-0.05, 0) is 39.0 Å². The fraction of sp³-hybridized carbons (Fsp3) is 0.545. The van der Waals surface area contributed by atoms with Gasteiger partial charge in [0.1, 0.15) is 6.04 Å². The standard InChI is InChI=1S/C22H23Br2NO5/c1-9-4-6-12(7-5-9)19(26)11(3)30-22(29)10(2)25-20(27)15-13-8-14(16(15)21(25)28)18(24)17(13)23/h4-7,10-11,13-18H,8H2,1-3H3/t10-,11-,13+,14+,15+,16+,17-,18-/m0/s1. The third kappa shape index (κ3) is 3.27. The summed E-state index contributed by atoms with van der Waals surface area (Å²) in [7, 11) is 0. The maximum atomic E-state index is 13.1. The Labute approximate surface area is 192 Å². The topological polar surface area (TPSA) is 80.8 Å². The molecule has 2 amide bonds. The molecule has 2 saturated carbocycles. The zero-order valence-electron chi connectivity index (χ0n) is 16.9. The molecule has 0 radical (unpaired) electrons. The van der Waals surface area contributed by atoms with E-state index >= 15 is 0 Å². The lowest BCUT2D eigenvalue weighted by Gasteiger charge is -2.28. The monoisotopic (exact) mass is 539 g/mol. The SMILES string of the molecule is Cc1ccc(C(=O)[C@H](C)OC(=O)[C@H](C)N2C(=O)[C@@H]3[C@H]4C[C@@H]([C@H](Br)[C@H]4Br)[C@H]3C2=O)cc1. The quantitative estimate of drug-likeness (QED) is 0.248. The molecule has 160 valence electrons. The number of hydrogen-bond acceptors (Lipinski definition) is 5. The number of alkyl halides is 2. The summed E-state index contributed by atoms with van der Waals surface area (Å²) in [6.07, 6.45) is -0.182. The fourth-order valence-corrected chi connectivity index (χ4v) is 7.01. The highest BCUT2D eigenvalue weighted by Gasteiger charge is 2.67. The lowest BCUT2D eigenvalue weighted by molar-refractivity contribution is -0.160. The number of imide groups is 1. The number of esters is 1. The van der Waals surface area contributed by atoms with Gasteiger partial charge < -0.3 is 4.74 Å². The number of amides is 2. The summed E-state index contributed by atoms with van der Waals surface area (Å²) in [4.78, 5) is 52.7. The highest BCUT2D eigenvalue weighted by molar-refractivity contribution is 9.12. The van der Waals surface area contributed by atoms with Gasteiger partial charge >= 0.3 is 5.97 Å². The largest absolute Gasteiger partial charge is 0.453 e. The average molecular weight is 541 g/mol. The van der Waals surface area contributed by atoms with Gasteiger partial charge in [0.15, 0.2) is 6.10 Å². The Balaban J connectivity index is 1.45. The Morgan fingerprint density at radius 1 is 1.00 bits per heavy atom. The molecule has 6 nitrogen and oxygen atoms in total. The van der Waals surface area contributed by atoms with Crippen molar-refractivity contribution in [2.24, 2.45) is 23.7 Å². The molecule has 1 aromatic carbocycles. The lowest BCUT2D eigenvalue weighted by Crippen LogP contribution is -2.46. The van der Waals surface area contributed by atoms with Crippen molar-refractivity contribution in [2.45, 2.75) is 49.0 Å². The number of hydrogen-bond donors (Lipinski definition) is 0. The number of carbonyl (C=O) groups excluding carboxylic acids is 4. The van der Waals surface area contributed by atoms with E-state index in [2.05, 4.69) is 31.9 Å². The molecule has 8 atom stereocenters. The number of halogens is 2. The van der Waals surface area contributed by atoms with Crippen molar-refractivity contribution in [3.05, 3.63) is 35.4 Å². The summed E-state index contributed by atoms with van der Waals surface area (Å²) in [5.74, 6) is -2.29. The minimum absolute atomic E-state index is 0.0797. The minimum Gasteiger partial charge on any atom is -0.453 e. The number of likely N-dealkylation sites (tertiary alicyclic amines) is 1. The Kier molecular flexibility index (Phi) is 5.68. The summed E-state index contributed by atoms with van der Waals surface area (Å²) in [6, 6.07) is 5.93. The van der Waals surface area contributed by atoms with E-state index in [9.17, 15) is 19.2 Å². The number of benzene rings is 1. The molecule has 4 rings (SSSR count). The average Bonchev–Trinajstić information content (AvgIpc) is 3.32. The molecule has 1 heterocycles. The summed E-state index contributed by atoms with van der Waals surface area (Å²) in [5.41, 5.74) is 1.46. The molecule has 30 heavy (non-hydrogen) atoms. The summed E-state index contributed by atoms with van der Waals surface area (Å²) in [5, 5.41) is 0. The van der Waals surface area contributed by atoms with Crippen LogP contribution in [0.3, 0.4) is 0 Å². The third-order valence-corrected chi connectivity index (χ3v) is 9.95. The van der Waals surface area contributed by atoms with Crippen LogP contribution in [-0.2, 0) is 19.1 Å². The number of ether oxygens (including phenoxy) is 1. The number of Topliss-reactive ketones (excluding diaryl/α,β-unsaturated/α-hetero) is 1. The zero-order chi connectivity index (χ0) is 21.9. The Bertz CT molecular complexity index is 885. The molecule has 0 unspecified atom stereocenters. The van der Waals surface area contributed by atoms with E-state index in [-0.39, 0.29) is 50.9 Å². The van der Waals surface area contributed by atoms with Crippen molar-refractivity contribution < 1.29 is 23.9 Å². The van der Waals surface area contributed by atoms with E-state index in [0.717, 1.165) is 16.9 Å². The van der Waals surface area contributed by atoms with Crippen molar-refractivity contribution in [3.63, 3.8) is 0 Å². The smallest absolute Gasteiger partial charge is 0.329 e. The molecular weight excluding hydrogens is 518 g/mol. The number of ketones is 1. The van der Waals surface area contributed by atoms with E-state index in [0.29, 0.717) is 5.56 Å². The van der Waals surface area contributed by atoms with E-state index in [1.54, 1.807) is 12.1 Å². The van der Waals surface area contributed by atoms with Crippen LogP contribution in [0, 0.1) is 30.6 Å². The number of aryl methyl sites for hydroxylation is 1. The van der Waals surface area contributed by atoms with Crippen LogP contribution in [0.25, 0.3) is 0 Å². The summed E-state index contributed by atoms with van der Waals surface area (Å²) in [6.45, 7) is 4.91. The van der Waals surface area contributed by atoms with Crippen LogP contribution < -0.4 is 0 Å². The van der Waals surface area contributed by atoms with E-state index < -0.39 is 18.1 Å². The Hall–Kier alpha value is -1.54.